The number of oxazole rings is 1. The highest BCUT2D eigenvalue weighted by Crippen LogP contribution is 2.37. The Hall–Kier alpha value is -2.86. The Bertz CT molecular complexity index is 1160. The van der Waals surface area contributed by atoms with E-state index in [-0.39, 0.29) is 13.2 Å². The molecule has 0 saturated carbocycles. The van der Waals surface area contributed by atoms with Crippen LogP contribution in [0.15, 0.2) is 34.7 Å². The van der Waals surface area contributed by atoms with Crippen molar-refractivity contribution in [1.82, 2.24) is 4.98 Å². The van der Waals surface area contributed by atoms with E-state index < -0.39 is 18.3 Å². The highest BCUT2D eigenvalue weighted by atomic mass is 16.7. The molecule has 1 aliphatic rings. The molecule has 0 aliphatic carbocycles. The van der Waals surface area contributed by atoms with Crippen LogP contribution < -0.4 is 10.2 Å². The molecule has 0 spiro atoms. The number of nitrogens with zero attached hydrogens (tertiary/aromatic N) is 2. The van der Waals surface area contributed by atoms with Gasteiger partial charge in [-0.05, 0) is 57.8 Å². The van der Waals surface area contributed by atoms with Crippen molar-refractivity contribution in [2.24, 2.45) is 0 Å². The second kappa shape index (κ2) is 7.68. The van der Waals surface area contributed by atoms with Gasteiger partial charge >= 0.3 is 7.12 Å². The van der Waals surface area contributed by atoms with Crippen molar-refractivity contribution in [3.63, 3.8) is 0 Å². The van der Waals surface area contributed by atoms with Crippen molar-refractivity contribution >= 4 is 23.7 Å². The summed E-state index contributed by atoms with van der Waals surface area (Å²) in [5.41, 5.74) is 3.50. The summed E-state index contributed by atoms with van der Waals surface area (Å²) < 4.78 is 23.9. The number of aliphatic hydroxyl groups excluding tert-OH is 1. The monoisotopic (exact) mass is 420 g/mol. The fraction of sp³-hybridized carbons (Fsp3) is 0.391. The van der Waals surface area contributed by atoms with E-state index in [4.69, 9.17) is 23.7 Å². The van der Waals surface area contributed by atoms with Crippen molar-refractivity contribution in [3.05, 3.63) is 41.5 Å². The van der Waals surface area contributed by atoms with Crippen LogP contribution in [0.3, 0.4) is 0 Å². The Labute approximate surface area is 181 Å². The first-order valence-corrected chi connectivity index (χ1v) is 10.2. The molecule has 2 heterocycles. The Morgan fingerprint density at radius 3 is 2.52 bits per heavy atom. The number of nitriles is 1. The maximum Gasteiger partial charge on any atom is 0.495 e. The third-order valence-electron chi connectivity index (χ3n) is 6.15. The molecule has 1 aliphatic heterocycles. The second-order valence-electron chi connectivity index (χ2n) is 8.66. The number of fused-ring (bicyclic) bond motifs is 1. The number of ether oxygens (including phenoxy) is 1. The van der Waals surface area contributed by atoms with E-state index in [1.165, 1.54) is 0 Å². The molecule has 1 aromatic heterocycles. The van der Waals surface area contributed by atoms with E-state index in [2.05, 4.69) is 4.98 Å². The van der Waals surface area contributed by atoms with Crippen LogP contribution in [-0.4, -0.2) is 35.0 Å². The summed E-state index contributed by atoms with van der Waals surface area (Å²) in [6.45, 7) is 9.75. The van der Waals surface area contributed by atoms with Gasteiger partial charge in [0, 0.05) is 17.2 Å². The molecule has 3 aromatic rings. The Kier molecular flexibility index (Phi) is 5.30. The van der Waals surface area contributed by atoms with Gasteiger partial charge in [0.1, 0.15) is 17.3 Å². The van der Waals surface area contributed by atoms with Crippen LogP contribution in [0.1, 0.15) is 38.8 Å². The number of aliphatic hydroxyl groups is 1. The molecule has 0 atom stereocenters. The summed E-state index contributed by atoms with van der Waals surface area (Å²) >= 11 is 0. The summed E-state index contributed by atoms with van der Waals surface area (Å²) in [5, 5.41) is 18.4. The van der Waals surface area contributed by atoms with Gasteiger partial charge in [0.25, 0.3) is 0 Å². The molecule has 2 aromatic carbocycles. The summed E-state index contributed by atoms with van der Waals surface area (Å²) in [6.07, 6.45) is 0. The third kappa shape index (κ3) is 3.70. The largest absolute Gasteiger partial charge is 0.495 e. The fourth-order valence-electron chi connectivity index (χ4n) is 3.59. The number of rotatable bonds is 5. The quantitative estimate of drug-likeness (QED) is 0.631. The molecular formula is C23H25BN2O5. The third-order valence-corrected chi connectivity index (χ3v) is 6.15. The van der Waals surface area contributed by atoms with Crippen LogP contribution in [0.5, 0.6) is 5.75 Å². The van der Waals surface area contributed by atoms with Crippen LogP contribution in [0.25, 0.3) is 22.6 Å². The van der Waals surface area contributed by atoms with Crippen LogP contribution in [0.4, 0.5) is 0 Å². The van der Waals surface area contributed by atoms with E-state index in [9.17, 15) is 5.11 Å². The lowest BCUT2D eigenvalue weighted by Crippen LogP contribution is -2.41. The van der Waals surface area contributed by atoms with E-state index >= 15 is 0 Å². The minimum absolute atomic E-state index is 0.116. The first kappa shape index (κ1) is 21.4. The predicted octanol–water partition coefficient (Wildman–Crippen LogP) is 3.50. The van der Waals surface area contributed by atoms with Gasteiger partial charge in [-0.1, -0.05) is 12.1 Å². The van der Waals surface area contributed by atoms with Gasteiger partial charge in [0.2, 0.25) is 5.89 Å². The number of hydrogen-bond donors (Lipinski definition) is 1. The molecule has 0 amide bonds. The maximum absolute atomic E-state index is 9.64. The van der Waals surface area contributed by atoms with Gasteiger partial charge in [-0.15, -0.1) is 0 Å². The van der Waals surface area contributed by atoms with Crippen LogP contribution in [0, 0.1) is 18.3 Å². The molecule has 1 fully saturated rings. The molecular weight excluding hydrogens is 395 g/mol. The van der Waals surface area contributed by atoms with Crippen molar-refractivity contribution in [3.8, 4) is 23.3 Å². The minimum Gasteiger partial charge on any atom is -0.478 e. The predicted molar refractivity (Wildman–Crippen MR) is 117 cm³/mol. The standard InChI is InChI=1S/C23H25BN2O5/c1-14-16(7-6-8-17(14)24-30-22(2,3)23(4,5)31-24)21-26-18-11-15(13-27)19(28-10-9-25)12-20(18)29-21/h6-8,11-12,27H,10,13H2,1-5H3. The lowest BCUT2D eigenvalue weighted by Gasteiger charge is -2.32. The van der Waals surface area contributed by atoms with Gasteiger partial charge in [0.05, 0.1) is 17.8 Å². The van der Waals surface area contributed by atoms with E-state index in [0.717, 1.165) is 16.6 Å². The fourth-order valence-corrected chi connectivity index (χ4v) is 3.59. The smallest absolute Gasteiger partial charge is 0.478 e. The lowest BCUT2D eigenvalue weighted by molar-refractivity contribution is 0.00578. The van der Waals surface area contributed by atoms with Crippen molar-refractivity contribution < 1.29 is 23.6 Å². The number of benzene rings is 2. The first-order valence-electron chi connectivity index (χ1n) is 10.2. The zero-order chi connectivity index (χ0) is 22.4. The van der Waals surface area contributed by atoms with Crippen LogP contribution >= 0.6 is 0 Å². The molecule has 0 radical (unpaired) electrons. The number of aromatic nitrogens is 1. The van der Waals surface area contributed by atoms with Crippen molar-refractivity contribution in [1.29, 1.82) is 5.26 Å². The maximum atomic E-state index is 9.64. The van der Waals surface area contributed by atoms with E-state index in [0.29, 0.717) is 28.3 Å². The summed E-state index contributed by atoms with van der Waals surface area (Å²) in [5.74, 6) is 0.856. The van der Waals surface area contributed by atoms with Crippen LogP contribution in [0.2, 0.25) is 0 Å². The van der Waals surface area contributed by atoms with Gasteiger partial charge in [0.15, 0.2) is 12.2 Å². The second-order valence-corrected chi connectivity index (χ2v) is 8.66. The SMILES string of the molecule is Cc1c(B2OC(C)(C)C(C)(C)O2)cccc1-c1nc2cc(CO)c(OCC#N)cc2o1. The normalized spacial score (nSPS) is 17.1. The van der Waals surface area contributed by atoms with Gasteiger partial charge in [-0.3, -0.25) is 0 Å². The van der Waals surface area contributed by atoms with Crippen LogP contribution in [-0.2, 0) is 15.9 Å². The van der Waals surface area contributed by atoms with E-state index in [1.54, 1.807) is 12.1 Å². The summed E-state index contributed by atoms with van der Waals surface area (Å²) in [7, 11) is -0.485. The molecule has 7 nitrogen and oxygen atoms in total. The molecule has 8 heteroatoms. The Morgan fingerprint density at radius 2 is 1.87 bits per heavy atom. The molecule has 0 unspecified atom stereocenters. The Balaban J connectivity index is 1.74. The zero-order valence-corrected chi connectivity index (χ0v) is 18.4. The van der Waals surface area contributed by atoms with Crippen molar-refractivity contribution in [2.75, 3.05) is 6.61 Å². The molecule has 1 N–H and O–H groups in total. The van der Waals surface area contributed by atoms with Gasteiger partial charge < -0.3 is 23.6 Å². The summed E-state index contributed by atoms with van der Waals surface area (Å²) in [6, 6.07) is 11.1. The average Bonchev–Trinajstić information content (AvgIpc) is 3.22. The Morgan fingerprint density at radius 1 is 1.16 bits per heavy atom. The van der Waals surface area contributed by atoms with Gasteiger partial charge in [-0.25, -0.2) is 4.98 Å². The number of hydrogen-bond acceptors (Lipinski definition) is 7. The molecule has 31 heavy (non-hydrogen) atoms. The molecule has 1 saturated heterocycles. The average molecular weight is 420 g/mol. The molecule has 0 bridgehead atoms. The van der Waals surface area contributed by atoms with Crippen molar-refractivity contribution in [2.45, 2.75) is 52.4 Å². The molecule has 160 valence electrons. The topological polar surface area (TPSA) is 97.7 Å². The molecule has 4 rings (SSSR count). The highest BCUT2D eigenvalue weighted by Gasteiger charge is 2.52. The lowest BCUT2D eigenvalue weighted by atomic mass is 9.75. The highest BCUT2D eigenvalue weighted by molar-refractivity contribution is 6.62. The zero-order valence-electron chi connectivity index (χ0n) is 18.4. The first-order chi connectivity index (χ1) is 14.7. The minimum atomic E-state index is -0.485. The van der Waals surface area contributed by atoms with Gasteiger partial charge in [-0.2, -0.15) is 5.26 Å². The summed E-state index contributed by atoms with van der Waals surface area (Å²) in [4.78, 5) is 4.62. The van der Waals surface area contributed by atoms with E-state index in [1.807, 2.05) is 58.9 Å².